The maximum absolute atomic E-state index is 12.6. The van der Waals surface area contributed by atoms with Crippen LogP contribution in [0.4, 0.5) is 0 Å². The molecular weight excluding hydrogens is 358 g/mol. The molecule has 1 atom stereocenters. The SMILES string of the molecule is CCn1nccc1C(C)NC(=O)c1cc(COc2c(C)cccc2C)cs1. The third kappa shape index (κ3) is 4.39. The minimum absolute atomic E-state index is 0.0744. The standard InChI is InChI=1S/C21H25N3O2S/c1-5-24-18(9-10-22-24)16(4)23-21(25)19-11-17(13-27-19)12-26-20-14(2)7-6-8-15(20)3/h6-11,13,16H,5,12H2,1-4H3,(H,23,25). The van der Waals surface area contributed by atoms with Crippen molar-refractivity contribution < 1.29 is 9.53 Å². The maximum atomic E-state index is 12.6. The van der Waals surface area contributed by atoms with Crippen LogP contribution in [0.5, 0.6) is 5.75 Å². The first-order chi connectivity index (χ1) is 13.0. The van der Waals surface area contributed by atoms with E-state index >= 15 is 0 Å². The zero-order valence-corrected chi connectivity index (χ0v) is 17.0. The Bertz CT molecular complexity index is 909. The van der Waals surface area contributed by atoms with Gasteiger partial charge in [0.15, 0.2) is 0 Å². The molecule has 0 aliphatic carbocycles. The predicted octanol–water partition coefficient (Wildman–Crippen LogP) is 4.65. The lowest BCUT2D eigenvalue weighted by Gasteiger charge is -2.14. The lowest BCUT2D eigenvalue weighted by atomic mass is 10.1. The molecule has 0 bridgehead atoms. The van der Waals surface area contributed by atoms with E-state index in [1.165, 1.54) is 11.3 Å². The molecule has 1 aromatic carbocycles. The Morgan fingerprint density at radius 1 is 1.30 bits per heavy atom. The number of thiophene rings is 1. The van der Waals surface area contributed by atoms with Gasteiger partial charge in [-0.1, -0.05) is 18.2 Å². The van der Waals surface area contributed by atoms with Crippen molar-refractivity contribution in [2.75, 3.05) is 0 Å². The second kappa shape index (κ2) is 8.39. The molecule has 0 aliphatic rings. The third-order valence-electron chi connectivity index (χ3n) is 4.51. The number of nitrogens with one attached hydrogen (secondary N) is 1. The van der Waals surface area contributed by atoms with E-state index in [1.54, 1.807) is 6.20 Å². The fourth-order valence-electron chi connectivity index (χ4n) is 3.07. The van der Waals surface area contributed by atoms with Gasteiger partial charge in [0.2, 0.25) is 0 Å². The van der Waals surface area contributed by atoms with E-state index in [4.69, 9.17) is 4.74 Å². The van der Waals surface area contributed by atoms with Crippen molar-refractivity contribution in [3.05, 3.63) is 69.2 Å². The van der Waals surface area contributed by atoms with Crippen molar-refractivity contribution in [3.8, 4) is 5.75 Å². The molecule has 6 heteroatoms. The molecule has 2 aromatic heterocycles. The average molecular weight is 384 g/mol. The molecule has 2 heterocycles. The number of para-hydroxylation sites is 1. The van der Waals surface area contributed by atoms with Crippen molar-refractivity contribution in [3.63, 3.8) is 0 Å². The molecule has 1 unspecified atom stereocenters. The summed E-state index contributed by atoms with van der Waals surface area (Å²) in [6, 6.07) is 9.84. The Hall–Kier alpha value is -2.60. The number of nitrogens with zero attached hydrogens (tertiary/aromatic N) is 2. The molecule has 142 valence electrons. The van der Waals surface area contributed by atoms with Gasteiger partial charge in [-0.25, -0.2) is 0 Å². The van der Waals surface area contributed by atoms with Gasteiger partial charge in [0, 0.05) is 18.3 Å². The Morgan fingerprint density at radius 2 is 2.04 bits per heavy atom. The summed E-state index contributed by atoms with van der Waals surface area (Å²) in [4.78, 5) is 13.3. The predicted molar refractivity (Wildman–Crippen MR) is 108 cm³/mol. The summed E-state index contributed by atoms with van der Waals surface area (Å²) < 4.78 is 7.87. The van der Waals surface area contributed by atoms with E-state index in [-0.39, 0.29) is 11.9 Å². The number of carbonyl (C=O) groups is 1. The second-order valence-electron chi connectivity index (χ2n) is 6.60. The molecule has 5 nitrogen and oxygen atoms in total. The largest absolute Gasteiger partial charge is 0.488 e. The number of carbonyl (C=O) groups excluding carboxylic acids is 1. The molecule has 3 rings (SSSR count). The van der Waals surface area contributed by atoms with Crippen LogP contribution in [0.25, 0.3) is 0 Å². The summed E-state index contributed by atoms with van der Waals surface area (Å²) in [5.74, 6) is 0.839. The number of rotatable bonds is 7. The minimum Gasteiger partial charge on any atom is -0.488 e. The summed E-state index contributed by atoms with van der Waals surface area (Å²) in [5.41, 5.74) is 4.23. The molecular formula is C21H25N3O2S. The number of benzene rings is 1. The van der Waals surface area contributed by atoms with Crippen LogP contribution in [0.3, 0.4) is 0 Å². The van der Waals surface area contributed by atoms with Crippen LogP contribution in [0.2, 0.25) is 0 Å². The lowest BCUT2D eigenvalue weighted by molar-refractivity contribution is 0.0942. The number of ether oxygens (including phenoxy) is 1. The quantitative estimate of drug-likeness (QED) is 0.646. The maximum Gasteiger partial charge on any atom is 0.261 e. The molecule has 0 saturated carbocycles. The van der Waals surface area contributed by atoms with Crippen molar-refractivity contribution in [2.24, 2.45) is 0 Å². The van der Waals surface area contributed by atoms with E-state index in [9.17, 15) is 4.79 Å². The van der Waals surface area contributed by atoms with Crippen LogP contribution in [0.15, 0.2) is 41.9 Å². The van der Waals surface area contributed by atoms with Crippen molar-refractivity contribution in [1.29, 1.82) is 0 Å². The van der Waals surface area contributed by atoms with Crippen LogP contribution in [-0.4, -0.2) is 15.7 Å². The van der Waals surface area contributed by atoms with E-state index < -0.39 is 0 Å². The number of amides is 1. The highest BCUT2D eigenvalue weighted by atomic mass is 32.1. The van der Waals surface area contributed by atoms with Gasteiger partial charge in [-0.15, -0.1) is 11.3 Å². The molecule has 0 spiro atoms. The van der Waals surface area contributed by atoms with Gasteiger partial charge in [-0.05, 0) is 56.3 Å². The van der Waals surface area contributed by atoms with E-state index in [0.29, 0.717) is 11.5 Å². The van der Waals surface area contributed by atoms with Crippen LogP contribution < -0.4 is 10.1 Å². The van der Waals surface area contributed by atoms with E-state index in [1.807, 2.05) is 68.1 Å². The summed E-state index contributed by atoms with van der Waals surface area (Å²) in [6.45, 7) is 9.32. The Morgan fingerprint density at radius 3 is 2.74 bits per heavy atom. The van der Waals surface area contributed by atoms with Crippen LogP contribution >= 0.6 is 11.3 Å². The lowest BCUT2D eigenvalue weighted by Crippen LogP contribution is -2.27. The van der Waals surface area contributed by atoms with Gasteiger partial charge < -0.3 is 10.1 Å². The first kappa shape index (κ1) is 19.2. The topological polar surface area (TPSA) is 56.2 Å². The molecule has 0 fully saturated rings. The van der Waals surface area contributed by atoms with Crippen LogP contribution in [0.1, 0.15) is 51.9 Å². The summed E-state index contributed by atoms with van der Waals surface area (Å²) in [7, 11) is 0. The van der Waals surface area contributed by atoms with Crippen molar-refractivity contribution in [2.45, 2.75) is 46.9 Å². The highest BCUT2D eigenvalue weighted by Crippen LogP contribution is 2.25. The molecule has 1 N–H and O–H groups in total. The molecule has 0 aliphatic heterocycles. The number of aryl methyl sites for hydroxylation is 3. The Labute approximate surface area is 164 Å². The highest BCUT2D eigenvalue weighted by molar-refractivity contribution is 7.12. The smallest absolute Gasteiger partial charge is 0.261 e. The molecule has 1 amide bonds. The summed E-state index contributed by atoms with van der Waals surface area (Å²) >= 11 is 1.44. The summed E-state index contributed by atoms with van der Waals surface area (Å²) in [6.07, 6.45) is 1.76. The van der Waals surface area contributed by atoms with Gasteiger partial charge >= 0.3 is 0 Å². The zero-order valence-electron chi connectivity index (χ0n) is 16.2. The third-order valence-corrected chi connectivity index (χ3v) is 5.49. The first-order valence-corrected chi connectivity index (χ1v) is 9.96. The second-order valence-corrected chi connectivity index (χ2v) is 7.51. The van der Waals surface area contributed by atoms with Crippen molar-refractivity contribution >= 4 is 17.2 Å². The van der Waals surface area contributed by atoms with E-state index in [2.05, 4.69) is 10.4 Å². The monoisotopic (exact) mass is 383 g/mol. The molecule has 27 heavy (non-hydrogen) atoms. The molecule has 3 aromatic rings. The van der Waals surface area contributed by atoms with Gasteiger partial charge in [0.25, 0.3) is 5.91 Å². The van der Waals surface area contributed by atoms with Crippen molar-refractivity contribution in [1.82, 2.24) is 15.1 Å². The fraction of sp³-hybridized carbons (Fsp3) is 0.333. The minimum atomic E-state index is -0.101. The Balaban J connectivity index is 1.62. The number of aromatic nitrogens is 2. The molecule has 0 radical (unpaired) electrons. The highest BCUT2D eigenvalue weighted by Gasteiger charge is 2.16. The number of hydrogen-bond donors (Lipinski definition) is 1. The van der Waals surface area contributed by atoms with Gasteiger partial charge in [-0.3, -0.25) is 9.48 Å². The van der Waals surface area contributed by atoms with Gasteiger partial charge in [0.1, 0.15) is 12.4 Å². The Kier molecular flexibility index (Phi) is 5.96. The zero-order chi connectivity index (χ0) is 19.4. The summed E-state index contributed by atoms with van der Waals surface area (Å²) in [5, 5.41) is 9.28. The van der Waals surface area contributed by atoms with Gasteiger partial charge in [0.05, 0.1) is 16.6 Å². The fourth-order valence-corrected chi connectivity index (χ4v) is 3.87. The number of hydrogen-bond acceptors (Lipinski definition) is 4. The van der Waals surface area contributed by atoms with Gasteiger partial charge in [-0.2, -0.15) is 5.10 Å². The van der Waals surface area contributed by atoms with Crippen LogP contribution in [-0.2, 0) is 13.2 Å². The first-order valence-electron chi connectivity index (χ1n) is 9.08. The average Bonchev–Trinajstić information content (AvgIpc) is 3.30. The van der Waals surface area contributed by atoms with E-state index in [0.717, 1.165) is 34.7 Å². The molecule has 0 saturated heterocycles. The van der Waals surface area contributed by atoms with Crippen LogP contribution in [0, 0.1) is 13.8 Å². The normalized spacial score (nSPS) is 12.0.